The third kappa shape index (κ3) is 4.93. The molecule has 0 radical (unpaired) electrons. The van der Waals surface area contributed by atoms with Crippen molar-refractivity contribution in [2.75, 3.05) is 6.54 Å². The molecule has 0 aliphatic carbocycles. The van der Waals surface area contributed by atoms with E-state index in [0.717, 1.165) is 13.0 Å². The van der Waals surface area contributed by atoms with E-state index >= 15 is 0 Å². The first-order valence-corrected chi connectivity index (χ1v) is 7.67. The predicted molar refractivity (Wildman–Crippen MR) is 86.4 cm³/mol. The van der Waals surface area contributed by atoms with Crippen molar-refractivity contribution in [3.63, 3.8) is 0 Å². The molecule has 22 heavy (non-hydrogen) atoms. The summed E-state index contributed by atoms with van der Waals surface area (Å²) >= 11 is 11.8. The summed E-state index contributed by atoms with van der Waals surface area (Å²) in [5.41, 5.74) is 0. The molecule has 1 atom stereocenters. The molecular formula is C15H17Cl2N3O2. The number of nitrogens with zero attached hydrogens (tertiary/aromatic N) is 2. The minimum atomic E-state index is -0.632. The molecule has 0 unspecified atom stereocenters. The third-order valence-electron chi connectivity index (χ3n) is 3.02. The summed E-state index contributed by atoms with van der Waals surface area (Å²) < 4.78 is 7.50. The van der Waals surface area contributed by atoms with E-state index < -0.39 is 6.10 Å². The molecular weight excluding hydrogens is 325 g/mol. The molecule has 0 aliphatic rings. The first-order chi connectivity index (χ1) is 10.6. The lowest BCUT2D eigenvalue weighted by atomic mass is 10.3. The maximum absolute atomic E-state index is 12.0. The fourth-order valence-electron chi connectivity index (χ4n) is 1.85. The topological polar surface area (TPSA) is 56.1 Å². The fourth-order valence-corrected chi connectivity index (χ4v) is 2.30. The zero-order valence-corrected chi connectivity index (χ0v) is 13.6. The molecule has 5 nitrogen and oxygen atoms in total. The monoisotopic (exact) mass is 341 g/mol. The minimum absolute atomic E-state index is 0.184. The number of aromatic nitrogens is 2. The van der Waals surface area contributed by atoms with Crippen molar-refractivity contribution in [2.45, 2.75) is 26.0 Å². The highest BCUT2D eigenvalue weighted by Gasteiger charge is 2.15. The van der Waals surface area contributed by atoms with Gasteiger partial charge in [-0.25, -0.2) is 4.98 Å². The Labute approximate surface area is 139 Å². The van der Waals surface area contributed by atoms with Gasteiger partial charge < -0.3 is 14.6 Å². The van der Waals surface area contributed by atoms with Crippen LogP contribution in [-0.4, -0.2) is 28.1 Å². The molecule has 0 fully saturated rings. The number of hydrogen-bond donors (Lipinski definition) is 1. The SMILES string of the molecule is C[C@@H](Oc1ccc(Cl)cc1Cl)C(=O)NCCCn1ccnc1. The highest BCUT2D eigenvalue weighted by molar-refractivity contribution is 6.35. The predicted octanol–water partition coefficient (Wildman–Crippen LogP) is 3.16. The molecule has 0 spiro atoms. The Hall–Kier alpha value is -1.72. The Kier molecular flexibility index (Phi) is 6.10. The molecule has 118 valence electrons. The largest absolute Gasteiger partial charge is 0.479 e. The first kappa shape index (κ1) is 16.6. The number of halogens is 2. The van der Waals surface area contributed by atoms with Crippen LogP contribution in [0.5, 0.6) is 5.75 Å². The lowest BCUT2D eigenvalue weighted by Crippen LogP contribution is -2.37. The second kappa shape index (κ2) is 8.06. The minimum Gasteiger partial charge on any atom is -0.479 e. The number of imidazole rings is 1. The summed E-state index contributed by atoms with van der Waals surface area (Å²) in [7, 11) is 0. The van der Waals surface area contributed by atoms with Crippen molar-refractivity contribution in [2.24, 2.45) is 0 Å². The van der Waals surface area contributed by atoms with Gasteiger partial charge in [-0.2, -0.15) is 0 Å². The van der Waals surface area contributed by atoms with Crippen molar-refractivity contribution in [1.29, 1.82) is 0 Å². The lowest BCUT2D eigenvalue weighted by molar-refractivity contribution is -0.127. The lowest BCUT2D eigenvalue weighted by Gasteiger charge is -2.15. The molecule has 2 aromatic rings. The van der Waals surface area contributed by atoms with Crippen molar-refractivity contribution < 1.29 is 9.53 Å². The molecule has 0 bridgehead atoms. The summed E-state index contributed by atoms with van der Waals surface area (Å²) in [4.78, 5) is 15.9. The summed E-state index contributed by atoms with van der Waals surface area (Å²) in [5.74, 6) is 0.253. The molecule has 1 heterocycles. The number of carbonyl (C=O) groups excluding carboxylic acids is 1. The summed E-state index contributed by atoms with van der Waals surface area (Å²) in [5, 5.41) is 3.73. The van der Waals surface area contributed by atoms with Gasteiger partial charge in [0.15, 0.2) is 6.10 Å². The van der Waals surface area contributed by atoms with Crippen LogP contribution in [0.1, 0.15) is 13.3 Å². The van der Waals surface area contributed by atoms with Crippen molar-refractivity contribution in [3.05, 3.63) is 47.0 Å². The van der Waals surface area contributed by atoms with E-state index in [1.165, 1.54) is 0 Å². The Balaban J connectivity index is 1.74. The van der Waals surface area contributed by atoms with E-state index in [-0.39, 0.29) is 5.91 Å². The van der Waals surface area contributed by atoms with Gasteiger partial charge in [0.25, 0.3) is 5.91 Å². The Bertz CT molecular complexity index is 617. The molecule has 1 N–H and O–H groups in total. The molecule has 0 saturated carbocycles. The number of rotatable bonds is 7. The zero-order valence-electron chi connectivity index (χ0n) is 12.1. The van der Waals surface area contributed by atoms with E-state index in [1.54, 1.807) is 37.6 Å². The maximum Gasteiger partial charge on any atom is 0.260 e. The van der Waals surface area contributed by atoms with Gasteiger partial charge >= 0.3 is 0 Å². The van der Waals surface area contributed by atoms with Crippen LogP contribution in [0, 0.1) is 0 Å². The molecule has 1 amide bonds. The molecule has 2 rings (SSSR count). The van der Waals surface area contributed by atoms with E-state index in [2.05, 4.69) is 10.3 Å². The quantitative estimate of drug-likeness (QED) is 0.787. The Morgan fingerprint density at radius 1 is 1.45 bits per heavy atom. The van der Waals surface area contributed by atoms with Gasteiger partial charge in [-0.05, 0) is 31.5 Å². The van der Waals surface area contributed by atoms with Gasteiger partial charge in [-0.15, -0.1) is 0 Å². The Morgan fingerprint density at radius 2 is 2.27 bits per heavy atom. The van der Waals surface area contributed by atoms with E-state index in [1.807, 2.05) is 10.8 Å². The number of hydrogen-bond acceptors (Lipinski definition) is 3. The first-order valence-electron chi connectivity index (χ1n) is 6.91. The normalized spacial score (nSPS) is 12.0. The smallest absolute Gasteiger partial charge is 0.260 e. The number of amides is 1. The van der Waals surface area contributed by atoms with Gasteiger partial charge in [0.2, 0.25) is 0 Å². The van der Waals surface area contributed by atoms with E-state index in [0.29, 0.717) is 22.3 Å². The van der Waals surface area contributed by atoms with Crippen molar-refractivity contribution >= 4 is 29.1 Å². The second-order valence-corrected chi connectivity index (χ2v) is 5.62. The van der Waals surface area contributed by atoms with Crippen LogP contribution in [0.3, 0.4) is 0 Å². The fraction of sp³-hybridized carbons (Fsp3) is 0.333. The molecule has 1 aromatic carbocycles. The van der Waals surface area contributed by atoms with Crippen LogP contribution in [-0.2, 0) is 11.3 Å². The highest BCUT2D eigenvalue weighted by atomic mass is 35.5. The van der Waals surface area contributed by atoms with Gasteiger partial charge in [0.05, 0.1) is 11.3 Å². The second-order valence-electron chi connectivity index (χ2n) is 4.78. The van der Waals surface area contributed by atoms with Gasteiger partial charge in [0, 0.05) is 30.5 Å². The number of aryl methyl sites for hydroxylation is 1. The summed E-state index contributed by atoms with van der Waals surface area (Å²) in [6, 6.07) is 4.89. The third-order valence-corrected chi connectivity index (χ3v) is 3.55. The van der Waals surface area contributed by atoms with Gasteiger partial charge in [-0.1, -0.05) is 23.2 Å². The zero-order chi connectivity index (χ0) is 15.9. The van der Waals surface area contributed by atoms with E-state index in [4.69, 9.17) is 27.9 Å². The average Bonchev–Trinajstić information content (AvgIpc) is 2.99. The van der Waals surface area contributed by atoms with Crippen LogP contribution < -0.4 is 10.1 Å². The van der Waals surface area contributed by atoms with Gasteiger partial charge in [0.1, 0.15) is 5.75 Å². The number of ether oxygens (including phenoxy) is 1. The van der Waals surface area contributed by atoms with Crippen LogP contribution >= 0.6 is 23.2 Å². The molecule has 7 heteroatoms. The van der Waals surface area contributed by atoms with Crippen LogP contribution in [0.25, 0.3) is 0 Å². The van der Waals surface area contributed by atoms with Crippen molar-refractivity contribution in [3.8, 4) is 5.75 Å². The Morgan fingerprint density at radius 3 is 2.95 bits per heavy atom. The van der Waals surface area contributed by atoms with Gasteiger partial charge in [-0.3, -0.25) is 4.79 Å². The molecule has 0 saturated heterocycles. The van der Waals surface area contributed by atoms with Crippen LogP contribution in [0.4, 0.5) is 0 Å². The average molecular weight is 342 g/mol. The number of carbonyl (C=O) groups is 1. The molecule has 1 aromatic heterocycles. The van der Waals surface area contributed by atoms with Crippen LogP contribution in [0.2, 0.25) is 10.0 Å². The van der Waals surface area contributed by atoms with Crippen molar-refractivity contribution in [1.82, 2.24) is 14.9 Å². The summed E-state index contributed by atoms with van der Waals surface area (Å²) in [6.07, 6.45) is 5.54. The highest BCUT2D eigenvalue weighted by Crippen LogP contribution is 2.28. The standard InChI is InChI=1S/C15H17Cl2N3O2/c1-11(22-14-4-3-12(16)9-13(14)17)15(21)19-5-2-7-20-8-6-18-10-20/h3-4,6,8-11H,2,5,7H2,1H3,(H,19,21)/t11-/m1/s1. The number of nitrogens with one attached hydrogen (secondary N) is 1. The van der Waals surface area contributed by atoms with E-state index in [9.17, 15) is 4.79 Å². The number of benzene rings is 1. The van der Waals surface area contributed by atoms with Crippen LogP contribution in [0.15, 0.2) is 36.9 Å². The molecule has 0 aliphatic heterocycles. The summed E-state index contributed by atoms with van der Waals surface area (Å²) in [6.45, 7) is 3.05. The maximum atomic E-state index is 12.0.